The predicted octanol–water partition coefficient (Wildman–Crippen LogP) is 2.90. The molecule has 6 nitrogen and oxygen atoms in total. The summed E-state index contributed by atoms with van der Waals surface area (Å²) in [5.41, 5.74) is 1.77. The van der Waals surface area contributed by atoms with Crippen LogP contribution in [0, 0.1) is 0 Å². The van der Waals surface area contributed by atoms with Crippen molar-refractivity contribution in [1.82, 2.24) is 4.98 Å². The third-order valence-electron chi connectivity index (χ3n) is 3.86. The Labute approximate surface area is 150 Å². The number of rotatable bonds is 4. The molecule has 2 N–H and O–H groups in total. The Morgan fingerprint density at radius 3 is 2.38 bits per heavy atom. The zero-order chi connectivity index (χ0) is 18.5. The fourth-order valence-corrected chi connectivity index (χ4v) is 2.45. The van der Waals surface area contributed by atoms with Gasteiger partial charge in [-0.2, -0.15) is 0 Å². The first-order valence-corrected chi connectivity index (χ1v) is 7.98. The molecule has 0 aliphatic heterocycles. The molecule has 0 radical (unpaired) electrons. The maximum Gasteiger partial charge on any atom is 0.258 e. The van der Waals surface area contributed by atoms with E-state index in [1.807, 2.05) is 30.3 Å². The number of para-hydroxylation sites is 1. The second kappa shape index (κ2) is 7.48. The lowest BCUT2D eigenvalue weighted by molar-refractivity contribution is 0.0990. The maximum atomic E-state index is 12.7. The second-order valence-electron chi connectivity index (χ2n) is 5.68. The molecule has 0 saturated carbocycles. The van der Waals surface area contributed by atoms with Gasteiger partial charge < -0.3 is 15.2 Å². The van der Waals surface area contributed by atoms with Crippen molar-refractivity contribution in [3.8, 4) is 0 Å². The molecule has 3 aromatic rings. The van der Waals surface area contributed by atoms with Crippen LogP contribution in [-0.2, 0) is 0 Å². The van der Waals surface area contributed by atoms with Crippen LogP contribution in [0.15, 0.2) is 77.7 Å². The van der Waals surface area contributed by atoms with Crippen LogP contribution in [-0.4, -0.2) is 23.8 Å². The molecule has 2 amide bonds. The molecule has 1 aromatic heterocycles. The molecule has 0 bridgehead atoms. The Balaban J connectivity index is 1.77. The van der Waals surface area contributed by atoms with Crippen molar-refractivity contribution in [3.63, 3.8) is 0 Å². The SMILES string of the molecule is CN(C(=O)c1cccc(NC(=O)c2ccc(=O)[nH]c2)c1)c1ccccc1. The predicted molar refractivity (Wildman–Crippen MR) is 101 cm³/mol. The molecule has 26 heavy (non-hydrogen) atoms. The molecule has 1 heterocycles. The summed E-state index contributed by atoms with van der Waals surface area (Å²) in [4.78, 5) is 40.0. The molecule has 0 aliphatic rings. The van der Waals surface area contributed by atoms with Crippen molar-refractivity contribution in [2.24, 2.45) is 0 Å². The van der Waals surface area contributed by atoms with E-state index in [9.17, 15) is 14.4 Å². The van der Waals surface area contributed by atoms with E-state index in [0.29, 0.717) is 16.8 Å². The number of pyridine rings is 1. The molecule has 3 rings (SSSR count). The molecular formula is C20H17N3O3. The molecule has 2 aromatic carbocycles. The Bertz CT molecular complexity index is 976. The third kappa shape index (κ3) is 3.87. The number of hydrogen-bond donors (Lipinski definition) is 2. The van der Waals surface area contributed by atoms with Gasteiger partial charge in [0.05, 0.1) is 5.56 Å². The highest BCUT2D eigenvalue weighted by molar-refractivity contribution is 6.08. The number of carbonyl (C=O) groups is 2. The molecule has 0 aliphatic carbocycles. The van der Waals surface area contributed by atoms with Crippen LogP contribution in [0.25, 0.3) is 0 Å². The van der Waals surface area contributed by atoms with Crippen molar-refractivity contribution in [3.05, 3.63) is 94.4 Å². The number of nitrogens with one attached hydrogen (secondary N) is 2. The van der Waals surface area contributed by atoms with Gasteiger partial charge in [0.15, 0.2) is 0 Å². The summed E-state index contributed by atoms with van der Waals surface area (Å²) in [6.07, 6.45) is 1.34. The van der Waals surface area contributed by atoms with E-state index in [1.165, 1.54) is 18.3 Å². The molecule has 0 unspecified atom stereocenters. The van der Waals surface area contributed by atoms with Gasteiger partial charge in [-0.3, -0.25) is 14.4 Å². The fourth-order valence-electron chi connectivity index (χ4n) is 2.45. The molecule has 0 spiro atoms. The van der Waals surface area contributed by atoms with Crippen molar-refractivity contribution >= 4 is 23.2 Å². The van der Waals surface area contributed by atoms with Gasteiger partial charge in [-0.1, -0.05) is 24.3 Å². The smallest absolute Gasteiger partial charge is 0.258 e. The second-order valence-corrected chi connectivity index (χ2v) is 5.68. The topological polar surface area (TPSA) is 82.3 Å². The summed E-state index contributed by atoms with van der Waals surface area (Å²) in [5, 5.41) is 2.72. The van der Waals surface area contributed by atoms with Crippen molar-refractivity contribution < 1.29 is 9.59 Å². The number of H-pyrrole nitrogens is 1. The van der Waals surface area contributed by atoms with Crippen LogP contribution in [0.1, 0.15) is 20.7 Å². The van der Waals surface area contributed by atoms with E-state index in [2.05, 4.69) is 10.3 Å². The summed E-state index contributed by atoms with van der Waals surface area (Å²) in [6.45, 7) is 0. The van der Waals surface area contributed by atoms with Gasteiger partial charge in [-0.25, -0.2) is 0 Å². The number of aromatic amines is 1. The van der Waals surface area contributed by atoms with Gasteiger partial charge in [0, 0.05) is 36.2 Å². The Kier molecular flexibility index (Phi) is 4.94. The van der Waals surface area contributed by atoms with Gasteiger partial charge >= 0.3 is 0 Å². The van der Waals surface area contributed by atoms with Crippen LogP contribution < -0.4 is 15.8 Å². The highest BCUT2D eigenvalue weighted by Gasteiger charge is 2.14. The summed E-state index contributed by atoms with van der Waals surface area (Å²) in [5.74, 6) is -0.557. The number of carbonyl (C=O) groups excluding carboxylic acids is 2. The van der Waals surface area contributed by atoms with Crippen LogP contribution in [0.2, 0.25) is 0 Å². The highest BCUT2D eigenvalue weighted by atomic mass is 16.2. The Hall–Kier alpha value is -3.67. The van der Waals surface area contributed by atoms with Gasteiger partial charge in [-0.15, -0.1) is 0 Å². The van der Waals surface area contributed by atoms with E-state index >= 15 is 0 Å². The number of aromatic nitrogens is 1. The van der Waals surface area contributed by atoms with Gasteiger partial charge in [-0.05, 0) is 36.4 Å². The standard InChI is InChI=1S/C20H17N3O3/c1-23(17-8-3-2-4-9-17)20(26)14-6-5-7-16(12-14)22-19(25)15-10-11-18(24)21-13-15/h2-13H,1H3,(H,21,24)(H,22,25). The first kappa shape index (κ1) is 17.2. The fraction of sp³-hybridized carbons (Fsp3) is 0.0500. The number of benzene rings is 2. The van der Waals surface area contributed by atoms with E-state index in [4.69, 9.17) is 0 Å². The average molecular weight is 347 g/mol. The minimum Gasteiger partial charge on any atom is -0.328 e. The summed E-state index contributed by atoms with van der Waals surface area (Å²) in [6, 6.07) is 18.7. The molecule has 0 saturated heterocycles. The summed E-state index contributed by atoms with van der Waals surface area (Å²) in [7, 11) is 1.70. The van der Waals surface area contributed by atoms with Gasteiger partial charge in [0.25, 0.3) is 11.8 Å². The lowest BCUT2D eigenvalue weighted by Gasteiger charge is -2.17. The highest BCUT2D eigenvalue weighted by Crippen LogP contribution is 2.17. The van der Waals surface area contributed by atoms with Crippen molar-refractivity contribution in [2.45, 2.75) is 0 Å². The van der Waals surface area contributed by atoms with Crippen molar-refractivity contribution in [1.29, 1.82) is 0 Å². The summed E-state index contributed by atoms with van der Waals surface area (Å²) < 4.78 is 0. The first-order chi connectivity index (χ1) is 12.5. The van der Waals surface area contributed by atoms with Gasteiger partial charge in [0.1, 0.15) is 0 Å². The number of amides is 2. The van der Waals surface area contributed by atoms with Crippen LogP contribution >= 0.6 is 0 Å². The normalized spacial score (nSPS) is 10.2. The molecule has 6 heteroatoms. The minimum absolute atomic E-state index is 0.184. The van der Waals surface area contributed by atoms with Crippen LogP contribution in [0.3, 0.4) is 0 Å². The molecule has 0 atom stereocenters. The minimum atomic E-state index is -0.373. The van der Waals surface area contributed by atoms with Crippen molar-refractivity contribution in [2.75, 3.05) is 17.3 Å². The quantitative estimate of drug-likeness (QED) is 0.761. The zero-order valence-electron chi connectivity index (χ0n) is 14.1. The third-order valence-corrected chi connectivity index (χ3v) is 3.86. The first-order valence-electron chi connectivity index (χ1n) is 7.98. The number of nitrogens with zero attached hydrogens (tertiary/aromatic N) is 1. The lowest BCUT2D eigenvalue weighted by atomic mass is 10.1. The van der Waals surface area contributed by atoms with Crippen LogP contribution in [0.4, 0.5) is 11.4 Å². The molecule has 0 fully saturated rings. The van der Waals surface area contributed by atoms with E-state index in [0.717, 1.165) is 5.69 Å². The molecule has 130 valence electrons. The number of hydrogen-bond acceptors (Lipinski definition) is 3. The monoisotopic (exact) mass is 347 g/mol. The number of anilines is 2. The van der Waals surface area contributed by atoms with E-state index < -0.39 is 0 Å². The Morgan fingerprint density at radius 1 is 0.923 bits per heavy atom. The zero-order valence-corrected chi connectivity index (χ0v) is 14.1. The lowest BCUT2D eigenvalue weighted by Crippen LogP contribution is -2.26. The van der Waals surface area contributed by atoms with E-state index in [-0.39, 0.29) is 17.4 Å². The van der Waals surface area contributed by atoms with Crippen LogP contribution in [0.5, 0.6) is 0 Å². The summed E-state index contributed by atoms with van der Waals surface area (Å²) >= 11 is 0. The largest absolute Gasteiger partial charge is 0.328 e. The Morgan fingerprint density at radius 2 is 1.69 bits per heavy atom. The van der Waals surface area contributed by atoms with E-state index in [1.54, 1.807) is 36.2 Å². The average Bonchev–Trinajstić information content (AvgIpc) is 2.68. The molecular weight excluding hydrogens is 330 g/mol. The van der Waals surface area contributed by atoms with Gasteiger partial charge in [0.2, 0.25) is 5.56 Å². The maximum absolute atomic E-state index is 12.7.